The summed E-state index contributed by atoms with van der Waals surface area (Å²) in [4.78, 5) is 18.8. The summed E-state index contributed by atoms with van der Waals surface area (Å²) < 4.78 is 20.9. The number of fused-ring (bicyclic) bond motifs is 1. The minimum absolute atomic E-state index is 0.203. The van der Waals surface area contributed by atoms with Gasteiger partial charge in [-0.25, -0.2) is 4.39 Å². The summed E-state index contributed by atoms with van der Waals surface area (Å²) in [6, 6.07) is 4.56. The van der Waals surface area contributed by atoms with Crippen LogP contribution in [-0.2, 0) is 20.0 Å². The summed E-state index contributed by atoms with van der Waals surface area (Å²) in [5.41, 5.74) is 3.38. The zero-order chi connectivity index (χ0) is 18.4. The smallest absolute Gasteiger partial charge is 0.278 e. The molecule has 7 nitrogen and oxygen atoms in total. The Balaban J connectivity index is 1.67. The van der Waals surface area contributed by atoms with Crippen molar-refractivity contribution in [2.24, 2.45) is 7.05 Å². The van der Waals surface area contributed by atoms with Crippen LogP contribution in [0.1, 0.15) is 33.0 Å². The average molecular weight is 355 g/mol. The SMILES string of the molecule is Cc1noc(-c2nn(C)c3c2CN(C(=O)c2ccc(C)c(F)c2)CC3)n1. The Kier molecular flexibility index (Phi) is 3.82. The van der Waals surface area contributed by atoms with E-state index in [2.05, 4.69) is 15.2 Å². The fraction of sp³-hybridized carbons (Fsp3) is 0.333. The molecule has 3 heterocycles. The minimum Gasteiger partial charge on any atom is -0.334 e. The number of aryl methyl sites for hydroxylation is 3. The maximum Gasteiger partial charge on any atom is 0.278 e. The lowest BCUT2D eigenvalue weighted by atomic mass is 10.0. The Morgan fingerprint density at radius 3 is 2.81 bits per heavy atom. The summed E-state index contributed by atoms with van der Waals surface area (Å²) in [6.07, 6.45) is 0.659. The number of aromatic nitrogens is 4. The van der Waals surface area contributed by atoms with Crippen LogP contribution in [0.15, 0.2) is 22.7 Å². The highest BCUT2D eigenvalue weighted by Gasteiger charge is 2.29. The van der Waals surface area contributed by atoms with E-state index < -0.39 is 0 Å². The Hall–Kier alpha value is -3.03. The molecule has 3 aromatic rings. The maximum absolute atomic E-state index is 13.8. The number of carbonyl (C=O) groups excluding carboxylic acids is 1. The van der Waals surface area contributed by atoms with E-state index in [1.807, 2.05) is 7.05 Å². The molecule has 1 aliphatic heterocycles. The molecule has 134 valence electrons. The number of amides is 1. The third-order valence-electron chi connectivity index (χ3n) is 4.68. The number of rotatable bonds is 2. The van der Waals surface area contributed by atoms with Gasteiger partial charge in [0.15, 0.2) is 11.5 Å². The van der Waals surface area contributed by atoms with Gasteiger partial charge in [-0.1, -0.05) is 11.2 Å². The van der Waals surface area contributed by atoms with Crippen molar-refractivity contribution in [3.8, 4) is 11.6 Å². The monoisotopic (exact) mass is 355 g/mol. The zero-order valence-electron chi connectivity index (χ0n) is 14.8. The molecular weight excluding hydrogens is 337 g/mol. The molecule has 0 fully saturated rings. The van der Waals surface area contributed by atoms with Crippen LogP contribution in [0.4, 0.5) is 4.39 Å². The van der Waals surface area contributed by atoms with Gasteiger partial charge in [0.1, 0.15) is 5.82 Å². The zero-order valence-corrected chi connectivity index (χ0v) is 14.8. The fourth-order valence-electron chi connectivity index (χ4n) is 3.24. The average Bonchev–Trinajstić information content (AvgIpc) is 3.20. The second-order valence-electron chi connectivity index (χ2n) is 6.48. The Labute approximate surface area is 149 Å². The van der Waals surface area contributed by atoms with Crippen LogP contribution in [0, 0.1) is 19.7 Å². The van der Waals surface area contributed by atoms with E-state index in [4.69, 9.17) is 4.52 Å². The second kappa shape index (κ2) is 6.05. The van der Waals surface area contributed by atoms with Crippen molar-refractivity contribution in [1.29, 1.82) is 0 Å². The van der Waals surface area contributed by atoms with Gasteiger partial charge in [0.05, 0.1) is 6.54 Å². The lowest BCUT2D eigenvalue weighted by Crippen LogP contribution is -2.36. The predicted molar refractivity (Wildman–Crippen MR) is 90.8 cm³/mol. The van der Waals surface area contributed by atoms with Gasteiger partial charge in [-0.15, -0.1) is 0 Å². The van der Waals surface area contributed by atoms with E-state index in [1.165, 1.54) is 6.07 Å². The van der Waals surface area contributed by atoms with Crippen LogP contribution in [0.5, 0.6) is 0 Å². The third kappa shape index (κ3) is 2.67. The lowest BCUT2D eigenvalue weighted by Gasteiger charge is -2.27. The van der Waals surface area contributed by atoms with Crippen molar-refractivity contribution in [3.05, 3.63) is 52.2 Å². The maximum atomic E-state index is 13.8. The number of halogens is 1. The first kappa shape index (κ1) is 16.4. The van der Waals surface area contributed by atoms with Crippen LogP contribution in [0.3, 0.4) is 0 Å². The largest absolute Gasteiger partial charge is 0.334 e. The first-order valence-electron chi connectivity index (χ1n) is 8.35. The molecular formula is C18H18FN5O2. The van der Waals surface area contributed by atoms with Crippen molar-refractivity contribution < 1.29 is 13.7 Å². The van der Waals surface area contributed by atoms with Crippen LogP contribution < -0.4 is 0 Å². The van der Waals surface area contributed by atoms with E-state index in [0.29, 0.717) is 48.0 Å². The summed E-state index contributed by atoms with van der Waals surface area (Å²) in [5, 5.41) is 8.30. The molecule has 0 aliphatic carbocycles. The standard InChI is InChI=1S/C18H18FN5O2/c1-10-4-5-12(8-14(10)19)18(25)24-7-6-15-13(9-24)16(21-23(15)3)17-20-11(2)22-26-17/h4-5,8H,6-7,9H2,1-3H3. The highest BCUT2D eigenvalue weighted by atomic mass is 19.1. The molecule has 1 aromatic carbocycles. The highest BCUT2D eigenvalue weighted by molar-refractivity contribution is 5.94. The molecule has 8 heteroatoms. The summed E-state index contributed by atoms with van der Waals surface area (Å²) in [6.45, 7) is 4.33. The molecule has 0 saturated heterocycles. The number of nitrogens with zero attached hydrogens (tertiary/aromatic N) is 5. The van der Waals surface area contributed by atoms with Crippen molar-refractivity contribution in [2.75, 3.05) is 6.54 Å². The van der Waals surface area contributed by atoms with Gasteiger partial charge in [-0.2, -0.15) is 10.1 Å². The number of benzene rings is 1. The molecule has 0 atom stereocenters. The van der Waals surface area contributed by atoms with Crippen LogP contribution in [0.2, 0.25) is 0 Å². The molecule has 0 spiro atoms. The van der Waals surface area contributed by atoms with E-state index in [9.17, 15) is 9.18 Å². The Morgan fingerprint density at radius 2 is 2.12 bits per heavy atom. The van der Waals surface area contributed by atoms with Gasteiger partial charge in [0.25, 0.3) is 11.8 Å². The van der Waals surface area contributed by atoms with Crippen molar-refractivity contribution >= 4 is 5.91 Å². The fourth-order valence-corrected chi connectivity index (χ4v) is 3.24. The summed E-state index contributed by atoms with van der Waals surface area (Å²) >= 11 is 0. The topological polar surface area (TPSA) is 77.0 Å². The molecule has 0 bridgehead atoms. The van der Waals surface area contributed by atoms with Crippen molar-refractivity contribution in [2.45, 2.75) is 26.8 Å². The van der Waals surface area contributed by atoms with Gasteiger partial charge in [-0.05, 0) is 31.5 Å². The molecule has 1 amide bonds. The Morgan fingerprint density at radius 1 is 1.31 bits per heavy atom. The van der Waals surface area contributed by atoms with Crippen LogP contribution in [0.25, 0.3) is 11.6 Å². The first-order valence-corrected chi connectivity index (χ1v) is 8.35. The summed E-state index contributed by atoms with van der Waals surface area (Å²) in [7, 11) is 1.86. The number of hydrogen-bond donors (Lipinski definition) is 0. The van der Waals surface area contributed by atoms with E-state index in [0.717, 1.165) is 11.3 Å². The van der Waals surface area contributed by atoms with E-state index >= 15 is 0 Å². The predicted octanol–water partition coefficient (Wildman–Crippen LogP) is 2.42. The third-order valence-corrected chi connectivity index (χ3v) is 4.68. The Bertz CT molecular complexity index is 1010. The molecule has 0 saturated carbocycles. The van der Waals surface area contributed by atoms with E-state index in [-0.39, 0.29) is 11.7 Å². The quantitative estimate of drug-likeness (QED) is 0.706. The van der Waals surface area contributed by atoms with Gasteiger partial charge in [0.2, 0.25) is 0 Å². The van der Waals surface area contributed by atoms with Gasteiger partial charge in [-0.3, -0.25) is 9.48 Å². The lowest BCUT2D eigenvalue weighted by molar-refractivity contribution is 0.0733. The van der Waals surface area contributed by atoms with Crippen LogP contribution >= 0.6 is 0 Å². The highest BCUT2D eigenvalue weighted by Crippen LogP contribution is 2.29. The summed E-state index contributed by atoms with van der Waals surface area (Å²) in [5.74, 6) is 0.288. The number of hydrogen-bond acceptors (Lipinski definition) is 5. The normalized spacial score (nSPS) is 13.8. The van der Waals surface area contributed by atoms with Crippen LogP contribution in [-0.4, -0.2) is 37.3 Å². The molecule has 0 N–H and O–H groups in total. The van der Waals surface area contributed by atoms with Gasteiger partial charge in [0, 0.05) is 36.8 Å². The van der Waals surface area contributed by atoms with E-state index in [1.54, 1.807) is 35.6 Å². The first-order chi connectivity index (χ1) is 12.4. The minimum atomic E-state index is -0.378. The number of carbonyl (C=O) groups is 1. The second-order valence-corrected chi connectivity index (χ2v) is 6.48. The van der Waals surface area contributed by atoms with Gasteiger partial charge >= 0.3 is 0 Å². The molecule has 2 aromatic heterocycles. The van der Waals surface area contributed by atoms with Crippen molar-refractivity contribution in [3.63, 3.8) is 0 Å². The van der Waals surface area contributed by atoms with Gasteiger partial charge < -0.3 is 9.42 Å². The molecule has 0 unspecified atom stereocenters. The molecule has 0 radical (unpaired) electrons. The van der Waals surface area contributed by atoms with Crippen molar-refractivity contribution in [1.82, 2.24) is 24.8 Å². The molecule has 26 heavy (non-hydrogen) atoms. The molecule has 1 aliphatic rings. The molecule has 4 rings (SSSR count).